The second-order valence-corrected chi connectivity index (χ2v) is 11.8. The van der Waals surface area contributed by atoms with Gasteiger partial charge in [0.2, 0.25) is 13.1 Å². The van der Waals surface area contributed by atoms with Gasteiger partial charge in [-0.3, -0.25) is 9.47 Å². The first-order chi connectivity index (χ1) is 19.2. The van der Waals surface area contributed by atoms with Crippen LogP contribution in [0.25, 0.3) is 0 Å². The van der Waals surface area contributed by atoms with Crippen molar-refractivity contribution in [2.45, 2.75) is 77.9 Å². The van der Waals surface area contributed by atoms with Crippen LogP contribution in [0.3, 0.4) is 0 Å². The van der Waals surface area contributed by atoms with Crippen LogP contribution in [0.4, 0.5) is 4.79 Å². The number of nitrogens with zero attached hydrogens (tertiary/aromatic N) is 6. The fourth-order valence-electron chi connectivity index (χ4n) is 5.49. The lowest BCUT2D eigenvalue weighted by molar-refractivity contribution is 0.0223. The number of piperidine rings is 1. The molecular formula is C30H42N6O4. The first-order valence-corrected chi connectivity index (χ1v) is 14.2. The molecular weight excluding hydrogens is 508 g/mol. The predicted molar refractivity (Wildman–Crippen MR) is 153 cm³/mol. The molecule has 2 aromatic rings. The Morgan fingerprint density at radius 2 is 2.02 bits per heavy atom. The summed E-state index contributed by atoms with van der Waals surface area (Å²) < 4.78 is 18.8. The van der Waals surface area contributed by atoms with Gasteiger partial charge in [-0.25, -0.2) is 14.8 Å². The lowest BCUT2D eigenvalue weighted by atomic mass is 9.96. The van der Waals surface area contributed by atoms with E-state index in [4.69, 9.17) is 19.2 Å². The van der Waals surface area contributed by atoms with Crippen LogP contribution in [-0.4, -0.2) is 81.2 Å². The Morgan fingerprint density at radius 1 is 1.20 bits per heavy atom. The zero-order valence-electron chi connectivity index (χ0n) is 24.4. The molecule has 216 valence electrons. The standard InChI is InChI=1S/C30H42N6O4/c1-22-17-24(32-28(33(22)5)36-16-12-31-20-36)25-9-6-7-13-34(25)14-8-15-35(29(37)40-30(2,3)4)19-23-10-11-26-27(18-23)39-21-38-26/h10-12,16-18,20,25,28H,6-9,13-15,19,21H2,1-5H3. The summed E-state index contributed by atoms with van der Waals surface area (Å²) in [6, 6.07) is 6.09. The Balaban J connectivity index is 1.27. The van der Waals surface area contributed by atoms with Crippen molar-refractivity contribution < 1.29 is 19.0 Å². The molecule has 4 heterocycles. The zero-order valence-corrected chi connectivity index (χ0v) is 24.4. The van der Waals surface area contributed by atoms with Crippen LogP contribution in [0, 0.1) is 0 Å². The highest BCUT2D eigenvalue weighted by molar-refractivity contribution is 6.00. The second-order valence-electron chi connectivity index (χ2n) is 11.8. The van der Waals surface area contributed by atoms with Gasteiger partial charge in [0.25, 0.3) is 0 Å². The summed E-state index contributed by atoms with van der Waals surface area (Å²) in [6.07, 6.45) is 11.6. The van der Waals surface area contributed by atoms with Gasteiger partial charge in [0.15, 0.2) is 11.5 Å². The van der Waals surface area contributed by atoms with E-state index in [-0.39, 0.29) is 25.2 Å². The smallest absolute Gasteiger partial charge is 0.410 e. The number of amides is 1. The summed E-state index contributed by atoms with van der Waals surface area (Å²) in [4.78, 5) is 29.1. The molecule has 3 aliphatic rings. The highest BCUT2D eigenvalue weighted by Crippen LogP contribution is 2.33. The highest BCUT2D eigenvalue weighted by atomic mass is 16.7. The number of allylic oxidation sites excluding steroid dienone is 1. The molecule has 10 heteroatoms. The third-order valence-electron chi connectivity index (χ3n) is 7.61. The molecule has 1 saturated heterocycles. The number of carbonyl (C=O) groups is 1. The average molecular weight is 551 g/mol. The Kier molecular flexibility index (Phi) is 8.35. The number of aliphatic imine (C=N–C) groups is 1. The van der Waals surface area contributed by atoms with Crippen molar-refractivity contribution in [3.8, 4) is 11.5 Å². The molecule has 0 radical (unpaired) electrons. The minimum absolute atomic E-state index is 0.129. The molecule has 1 aromatic carbocycles. The number of fused-ring (bicyclic) bond motifs is 1. The molecule has 1 aromatic heterocycles. The largest absolute Gasteiger partial charge is 0.454 e. The molecule has 1 amide bonds. The number of ether oxygens (including phenoxy) is 3. The van der Waals surface area contributed by atoms with Gasteiger partial charge in [-0.1, -0.05) is 12.5 Å². The van der Waals surface area contributed by atoms with Crippen molar-refractivity contribution in [3.63, 3.8) is 0 Å². The van der Waals surface area contributed by atoms with Crippen LogP contribution in [0.5, 0.6) is 11.5 Å². The van der Waals surface area contributed by atoms with Crippen molar-refractivity contribution in [2.24, 2.45) is 4.99 Å². The van der Waals surface area contributed by atoms with Crippen LogP contribution in [-0.2, 0) is 11.3 Å². The first-order valence-electron chi connectivity index (χ1n) is 14.2. The molecule has 0 aliphatic carbocycles. The fraction of sp³-hybridized carbons (Fsp3) is 0.567. The van der Waals surface area contributed by atoms with E-state index >= 15 is 0 Å². The lowest BCUT2D eigenvalue weighted by Gasteiger charge is -2.40. The molecule has 0 bridgehead atoms. The Hall–Kier alpha value is -3.53. The van der Waals surface area contributed by atoms with Gasteiger partial charge >= 0.3 is 6.09 Å². The van der Waals surface area contributed by atoms with Crippen molar-refractivity contribution in [1.82, 2.24) is 24.3 Å². The molecule has 40 heavy (non-hydrogen) atoms. The third kappa shape index (κ3) is 6.60. The number of rotatable bonds is 8. The molecule has 3 aliphatic heterocycles. The molecule has 2 unspecified atom stereocenters. The van der Waals surface area contributed by atoms with Crippen molar-refractivity contribution in [1.29, 1.82) is 0 Å². The fourth-order valence-corrected chi connectivity index (χ4v) is 5.49. The number of imidazole rings is 1. The summed E-state index contributed by atoms with van der Waals surface area (Å²) in [7, 11) is 2.07. The van der Waals surface area contributed by atoms with Crippen LogP contribution in [0.2, 0.25) is 0 Å². The van der Waals surface area contributed by atoms with Gasteiger partial charge in [-0.05, 0) is 77.3 Å². The maximum Gasteiger partial charge on any atom is 0.410 e. The summed E-state index contributed by atoms with van der Waals surface area (Å²) in [6.45, 7) is 11.0. The number of likely N-dealkylation sites (tertiary alicyclic amines) is 1. The van der Waals surface area contributed by atoms with Gasteiger partial charge in [0.05, 0.1) is 18.1 Å². The first kappa shape index (κ1) is 28.0. The van der Waals surface area contributed by atoms with Crippen molar-refractivity contribution in [2.75, 3.05) is 33.5 Å². The monoisotopic (exact) mass is 550 g/mol. The number of hydrogen-bond donors (Lipinski definition) is 0. The van der Waals surface area contributed by atoms with E-state index in [2.05, 4.69) is 34.8 Å². The number of hydrogen-bond acceptors (Lipinski definition) is 8. The quantitative estimate of drug-likeness (QED) is 0.455. The number of carbonyl (C=O) groups excluding carboxylic acids is 1. The van der Waals surface area contributed by atoms with E-state index in [0.717, 1.165) is 43.0 Å². The Labute approximate surface area is 237 Å². The maximum atomic E-state index is 13.2. The van der Waals surface area contributed by atoms with Crippen molar-refractivity contribution >= 4 is 11.8 Å². The van der Waals surface area contributed by atoms with E-state index in [9.17, 15) is 4.79 Å². The highest BCUT2D eigenvalue weighted by Gasteiger charge is 2.31. The summed E-state index contributed by atoms with van der Waals surface area (Å²) >= 11 is 0. The second kappa shape index (κ2) is 11.9. The van der Waals surface area contributed by atoms with Crippen LogP contribution in [0.15, 0.2) is 53.7 Å². The lowest BCUT2D eigenvalue weighted by Crippen LogP contribution is -2.47. The van der Waals surface area contributed by atoms with E-state index in [1.54, 1.807) is 11.1 Å². The molecule has 0 spiro atoms. The normalized spacial score (nSPS) is 21.2. The Bertz CT molecular complexity index is 1240. The van der Waals surface area contributed by atoms with E-state index < -0.39 is 5.60 Å². The van der Waals surface area contributed by atoms with Gasteiger partial charge < -0.3 is 24.0 Å². The third-order valence-corrected chi connectivity index (χ3v) is 7.61. The van der Waals surface area contributed by atoms with E-state index in [0.29, 0.717) is 18.8 Å². The minimum Gasteiger partial charge on any atom is -0.454 e. The minimum atomic E-state index is -0.565. The SMILES string of the molecule is CC1=CC(C2CCCCN2CCCN(Cc2ccc3c(c2)OCO3)C(=O)OC(C)(C)C)=NC(n2ccnc2)N1C. The van der Waals surface area contributed by atoms with Crippen LogP contribution >= 0.6 is 0 Å². The number of aromatic nitrogens is 2. The van der Waals surface area contributed by atoms with E-state index in [1.165, 1.54) is 18.5 Å². The van der Waals surface area contributed by atoms with Crippen LogP contribution in [0.1, 0.15) is 65.2 Å². The number of benzene rings is 1. The molecule has 0 N–H and O–H groups in total. The molecule has 2 atom stereocenters. The van der Waals surface area contributed by atoms with Gasteiger partial charge in [-0.15, -0.1) is 0 Å². The van der Waals surface area contributed by atoms with Gasteiger partial charge in [0.1, 0.15) is 5.60 Å². The Morgan fingerprint density at radius 3 is 2.80 bits per heavy atom. The summed E-state index contributed by atoms with van der Waals surface area (Å²) in [5.41, 5.74) is 2.73. The summed E-state index contributed by atoms with van der Waals surface area (Å²) in [5.74, 6) is 1.45. The topological polar surface area (TPSA) is 84.7 Å². The van der Waals surface area contributed by atoms with Gasteiger partial charge in [0, 0.05) is 44.8 Å². The zero-order chi connectivity index (χ0) is 28.3. The maximum absolute atomic E-state index is 13.2. The molecule has 5 rings (SSSR count). The molecule has 10 nitrogen and oxygen atoms in total. The average Bonchev–Trinajstić information content (AvgIpc) is 3.61. The van der Waals surface area contributed by atoms with Crippen molar-refractivity contribution in [3.05, 3.63) is 54.3 Å². The van der Waals surface area contributed by atoms with Crippen LogP contribution < -0.4 is 9.47 Å². The predicted octanol–water partition coefficient (Wildman–Crippen LogP) is 5.04. The summed E-state index contributed by atoms with van der Waals surface area (Å²) in [5, 5.41) is 0. The molecule has 0 saturated carbocycles. The van der Waals surface area contributed by atoms with Gasteiger partial charge in [-0.2, -0.15) is 0 Å². The molecule has 1 fully saturated rings. The van der Waals surface area contributed by atoms with E-state index in [1.807, 2.05) is 56.1 Å².